The van der Waals surface area contributed by atoms with Crippen molar-refractivity contribution in [2.75, 3.05) is 33.7 Å². The number of fused-ring (bicyclic) bond motifs is 1. The average molecular weight is 271 g/mol. The summed E-state index contributed by atoms with van der Waals surface area (Å²) in [5.41, 5.74) is 0.997. The van der Waals surface area contributed by atoms with Gasteiger partial charge in [-0.05, 0) is 31.1 Å². The zero-order valence-electron chi connectivity index (χ0n) is 12.0. The Balaban J connectivity index is 1.97. The molecule has 3 rings (SSSR count). The molecule has 0 saturated carbocycles. The van der Waals surface area contributed by atoms with Gasteiger partial charge in [-0.25, -0.2) is 0 Å². The van der Waals surface area contributed by atoms with Crippen LogP contribution in [-0.4, -0.2) is 59.7 Å². The predicted octanol–water partition coefficient (Wildman–Crippen LogP) is 1.51. The average Bonchev–Trinajstić information content (AvgIpc) is 2.48. The van der Waals surface area contributed by atoms with Gasteiger partial charge in [0.05, 0.1) is 12.1 Å². The maximum atomic E-state index is 10.8. The van der Waals surface area contributed by atoms with Crippen LogP contribution in [0.15, 0.2) is 36.7 Å². The molecule has 20 heavy (non-hydrogen) atoms. The summed E-state index contributed by atoms with van der Waals surface area (Å²) in [6.45, 7) is 2.93. The lowest BCUT2D eigenvalue weighted by atomic mass is 9.95. The van der Waals surface area contributed by atoms with Crippen LogP contribution in [0.3, 0.4) is 0 Å². The van der Waals surface area contributed by atoms with Gasteiger partial charge < -0.3 is 10.0 Å². The fourth-order valence-corrected chi connectivity index (χ4v) is 3.00. The highest BCUT2D eigenvalue weighted by molar-refractivity contribution is 5.85. The maximum Gasteiger partial charge on any atom is 0.0963 e. The van der Waals surface area contributed by atoms with E-state index in [1.807, 2.05) is 30.5 Å². The van der Waals surface area contributed by atoms with E-state index >= 15 is 0 Å². The van der Waals surface area contributed by atoms with Gasteiger partial charge in [-0.2, -0.15) is 0 Å². The number of aromatic nitrogens is 1. The van der Waals surface area contributed by atoms with Crippen LogP contribution >= 0.6 is 0 Å². The molecule has 1 fully saturated rings. The molecule has 1 saturated heterocycles. The minimum absolute atomic E-state index is 0.132. The summed E-state index contributed by atoms with van der Waals surface area (Å²) in [5, 5.41) is 13.0. The third-order valence-corrected chi connectivity index (χ3v) is 4.30. The Hall–Kier alpha value is -1.49. The molecule has 1 aliphatic heterocycles. The van der Waals surface area contributed by atoms with Gasteiger partial charge in [-0.3, -0.25) is 9.88 Å². The number of hydrogen-bond donors (Lipinski definition) is 1. The van der Waals surface area contributed by atoms with E-state index in [4.69, 9.17) is 0 Å². The monoisotopic (exact) mass is 271 g/mol. The quantitative estimate of drug-likeness (QED) is 0.899. The van der Waals surface area contributed by atoms with Crippen LogP contribution in [0.2, 0.25) is 0 Å². The van der Waals surface area contributed by atoms with Gasteiger partial charge in [0, 0.05) is 37.4 Å². The third-order valence-electron chi connectivity index (χ3n) is 4.30. The lowest BCUT2D eigenvalue weighted by Gasteiger charge is -2.40. The van der Waals surface area contributed by atoms with Gasteiger partial charge >= 0.3 is 0 Å². The lowest BCUT2D eigenvalue weighted by molar-refractivity contribution is 0.0145. The normalized spacial score (nSPS) is 23.1. The van der Waals surface area contributed by atoms with Crippen LogP contribution in [0.25, 0.3) is 10.8 Å². The van der Waals surface area contributed by atoms with E-state index in [2.05, 4.69) is 28.9 Å². The first kappa shape index (κ1) is 13.5. The van der Waals surface area contributed by atoms with Crippen LogP contribution in [0.5, 0.6) is 0 Å². The molecular formula is C16H21N3O. The van der Waals surface area contributed by atoms with E-state index in [1.54, 1.807) is 6.20 Å². The molecule has 4 heteroatoms. The van der Waals surface area contributed by atoms with Crippen molar-refractivity contribution in [3.63, 3.8) is 0 Å². The fourth-order valence-electron chi connectivity index (χ4n) is 3.00. The molecule has 2 unspecified atom stereocenters. The maximum absolute atomic E-state index is 10.8. The number of rotatable bonds is 2. The van der Waals surface area contributed by atoms with Crippen molar-refractivity contribution in [2.24, 2.45) is 0 Å². The summed E-state index contributed by atoms with van der Waals surface area (Å²) >= 11 is 0. The Morgan fingerprint density at radius 1 is 1.25 bits per heavy atom. The van der Waals surface area contributed by atoms with E-state index < -0.39 is 6.10 Å². The van der Waals surface area contributed by atoms with E-state index in [-0.39, 0.29) is 6.04 Å². The number of likely N-dealkylation sites (N-methyl/N-ethyl adjacent to an activating group) is 2. The van der Waals surface area contributed by atoms with E-state index in [1.165, 1.54) is 0 Å². The highest BCUT2D eigenvalue weighted by atomic mass is 16.3. The highest BCUT2D eigenvalue weighted by Crippen LogP contribution is 2.28. The molecule has 1 aromatic carbocycles. The Morgan fingerprint density at radius 2 is 2.10 bits per heavy atom. The van der Waals surface area contributed by atoms with Gasteiger partial charge in [0.25, 0.3) is 0 Å². The molecule has 0 aliphatic carbocycles. The molecule has 2 heterocycles. The Bertz CT molecular complexity index is 596. The number of aliphatic hydroxyl groups excluding tert-OH is 1. The molecule has 2 aromatic rings. The Labute approximate surface area is 119 Å². The molecule has 0 bridgehead atoms. The summed E-state index contributed by atoms with van der Waals surface area (Å²) in [4.78, 5) is 8.69. The molecular weight excluding hydrogens is 250 g/mol. The summed E-state index contributed by atoms with van der Waals surface area (Å²) < 4.78 is 0. The fraction of sp³-hybridized carbons (Fsp3) is 0.438. The number of hydrogen-bond acceptors (Lipinski definition) is 4. The van der Waals surface area contributed by atoms with E-state index in [0.29, 0.717) is 0 Å². The predicted molar refractivity (Wildman–Crippen MR) is 80.6 cm³/mol. The minimum atomic E-state index is -0.478. The van der Waals surface area contributed by atoms with Gasteiger partial charge in [-0.1, -0.05) is 18.2 Å². The van der Waals surface area contributed by atoms with Crippen LogP contribution < -0.4 is 0 Å². The van der Waals surface area contributed by atoms with Crippen molar-refractivity contribution in [1.82, 2.24) is 14.8 Å². The third kappa shape index (κ3) is 2.42. The summed E-state index contributed by atoms with van der Waals surface area (Å²) in [7, 11) is 4.20. The van der Waals surface area contributed by atoms with Crippen LogP contribution in [-0.2, 0) is 0 Å². The van der Waals surface area contributed by atoms with Gasteiger partial charge in [-0.15, -0.1) is 0 Å². The largest absolute Gasteiger partial charge is 0.387 e. The van der Waals surface area contributed by atoms with Crippen LogP contribution in [0, 0.1) is 0 Å². The summed E-state index contributed by atoms with van der Waals surface area (Å²) in [6, 6.07) is 8.17. The number of piperazine rings is 1. The smallest absolute Gasteiger partial charge is 0.0963 e. The van der Waals surface area contributed by atoms with E-state index in [9.17, 15) is 5.11 Å². The molecule has 4 nitrogen and oxygen atoms in total. The molecule has 0 radical (unpaired) electrons. The molecule has 0 amide bonds. The topological polar surface area (TPSA) is 39.6 Å². The minimum Gasteiger partial charge on any atom is -0.387 e. The summed E-state index contributed by atoms with van der Waals surface area (Å²) in [5.74, 6) is 0. The second kappa shape index (κ2) is 5.48. The molecule has 1 aliphatic rings. The Morgan fingerprint density at radius 3 is 2.95 bits per heavy atom. The summed E-state index contributed by atoms with van der Waals surface area (Å²) in [6.07, 6.45) is 3.16. The van der Waals surface area contributed by atoms with Gasteiger partial charge in [0.2, 0.25) is 0 Å². The lowest BCUT2D eigenvalue weighted by Crippen LogP contribution is -2.52. The second-order valence-corrected chi connectivity index (χ2v) is 5.70. The standard InChI is InChI=1S/C16H21N3O/c1-18-8-9-19(2)15(11-18)16(20)14-5-3-4-12-10-17-7-6-13(12)14/h3-7,10,15-16,20H,8-9,11H2,1-2H3. The van der Waals surface area contributed by atoms with Gasteiger partial charge in [0.15, 0.2) is 0 Å². The molecule has 2 atom stereocenters. The zero-order valence-corrected chi connectivity index (χ0v) is 12.0. The van der Waals surface area contributed by atoms with Crippen molar-refractivity contribution >= 4 is 10.8 Å². The molecule has 1 aromatic heterocycles. The van der Waals surface area contributed by atoms with Crippen molar-refractivity contribution in [3.05, 3.63) is 42.2 Å². The first-order valence-corrected chi connectivity index (χ1v) is 7.06. The van der Waals surface area contributed by atoms with Crippen molar-refractivity contribution in [2.45, 2.75) is 12.1 Å². The zero-order chi connectivity index (χ0) is 14.1. The van der Waals surface area contributed by atoms with Crippen LogP contribution in [0.1, 0.15) is 11.7 Å². The number of pyridine rings is 1. The van der Waals surface area contributed by atoms with Crippen LogP contribution in [0.4, 0.5) is 0 Å². The first-order chi connectivity index (χ1) is 9.66. The molecule has 1 N–H and O–H groups in total. The number of aliphatic hydroxyl groups is 1. The SMILES string of the molecule is CN1CCN(C)C(C(O)c2cccc3cnccc23)C1. The second-order valence-electron chi connectivity index (χ2n) is 5.70. The molecule has 0 spiro atoms. The van der Waals surface area contributed by atoms with E-state index in [0.717, 1.165) is 36.0 Å². The number of nitrogens with zero attached hydrogens (tertiary/aromatic N) is 3. The van der Waals surface area contributed by atoms with Crippen molar-refractivity contribution in [1.29, 1.82) is 0 Å². The first-order valence-electron chi connectivity index (χ1n) is 7.06. The van der Waals surface area contributed by atoms with Crippen molar-refractivity contribution in [3.8, 4) is 0 Å². The van der Waals surface area contributed by atoms with Gasteiger partial charge in [0.1, 0.15) is 0 Å². The highest BCUT2D eigenvalue weighted by Gasteiger charge is 2.30. The molecule has 106 valence electrons. The number of benzene rings is 1. The van der Waals surface area contributed by atoms with Crippen molar-refractivity contribution < 1.29 is 5.11 Å². The Kier molecular flexibility index (Phi) is 3.70.